The Morgan fingerprint density at radius 3 is 2.78 bits per heavy atom. The van der Waals surface area contributed by atoms with Crippen LogP contribution in [0.1, 0.15) is 11.8 Å². The summed E-state index contributed by atoms with van der Waals surface area (Å²) in [7, 11) is 0. The molecule has 4 heterocycles. The molecule has 1 amide bonds. The van der Waals surface area contributed by atoms with Gasteiger partial charge in [-0.15, -0.1) is 0 Å². The van der Waals surface area contributed by atoms with E-state index in [1.54, 1.807) is 23.4 Å². The van der Waals surface area contributed by atoms with Crippen molar-refractivity contribution in [3.05, 3.63) is 54.7 Å². The summed E-state index contributed by atoms with van der Waals surface area (Å²) in [6, 6.07) is 11.0. The first-order chi connectivity index (χ1) is 13.3. The van der Waals surface area contributed by atoms with E-state index in [1.165, 1.54) is 0 Å². The Kier molecular flexibility index (Phi) is 3.74. The maximum absolute atomic E-state index is 12.6. The van der Waals surface area contributed by atoms with Gasteiger partial charge >= 0.3 is 0 Å². The normalized spacial score (nSPS) is 18.8. The SMILES string of the molecule is O=C(C1COc2ccccc2O1)N1CC(c2nc(-c3cccnc3)no2)C1. The van der Waals surface area contributed by atoms with Crippen LogP contribution in [-0.2, 0) is 4.79 Å². The van der Waals surface area contributed by atoms with Gasteiger partial charge in [-0.3, -0.25) is 9.78 Å². The van der Waals surface area contributed by atoms with Crippen LogP contribution >= 0.6 is 0 Å². The Morgan fingerprint density at radius 1 is 1.11 bits per heavy atom. The van der Waals surface area contributed by atoms with E-state index in [1.807, 2.05) is 30.3 Å². The van der Waals surface area contributed by atoms with Crippen LogP contribution in [0.4, 0.5) is 0 Å². The van der Waals surface area contributed by atoms with Crippen molar-refractivity contribution in [3.8, 4) is 22.9 Å². The number of amides is 1. The summed E-state index contributed by atoms with van der Waals surface area (Å²) in [4.78, 5) is 22.8. The number of carbonyl (C=O) groups excluding carboxylic acids is 1. The zero-order valence-corrected chi connectivity index (χ0v) is 14.3. The van der Waals surface area contributed by atoms with E-state index in [4.69, 9.17) is 14.0 Å². The van der Waals surface area contributed by atoms with Crippen molar-refractivity contribution in [2.75, 3.05) is 19.7 Å². The number of carbonyl (C=O) groups is 1. The topological polar surface area (TPSA) is 90.6 Å². The summed E-state index contributed by atoms with van der Waals surface area (Å²) < 4.78 is 16.8. The van der Waals surface area contributed by atoms with Crippen molar-refractivity contribution >= 4 is 5.91 Å². The molecule has 8 nitrogen and oxygen atoms in total. The molecule has 1 atom stereocenters. The Labute approximate surface area is 154 Å². The quantitative estimate of drug-likeness (QED) is 0.701. The highest BCUT2D eigenvalue weighted by molar-refractivity contribution is 5.83. The molecule has 8 heteroatoms. The molecule has 1 aromatic carbocycles. The highest BCUT2D eigenvalue weighted by atomic mass is 16.6. The van der Waals surface area contributed by atoms with Crippen LogP contribution in [-0.4, -0.2) is 51.7 Å². The molecule has 0 radical (unpaired) electrons. The molecule has 2 aliphatic rings. The van der Waals surface area contributed by atoms with Gasteiger partial charge in [0.1, 0.15) is 6.61 Å². The summed E-state index contributed by atoms with van der Waals surface area (Å²) in [5, 5.41) is 4.00. The fraction of sp³-hybridized carbons (Fsp3) is 0.263. The Balaban J connectivity index is 1.21. The third-order valence-electron chi connectivity index (χ3n) is 4.69. The number of likely N-dealkylation sites (tertiary alicyclic amines) is 1. The molecule has 0 aliphatic carbocycles. The van der Waals surface area contributed by atoms with Gasteiger partial charge < -0.3 is 18.9 Å². The molecule has 0 saturated carbocycles. The number of ether oxygens (including phenoxy) is 2. The second-order valence-corrected chi connectivity index (χ2v) is 6.50. The lowest BCUT2D eigenvalue weighted by atomic mass is 9.99. The first kappa shape index (κ1) is 15.8. The van der Waals surface area contributed by atoms with Gasteiger partial charge in [0.05, 0.1) is 5.92 Å². The minimum atomic E-state index is -0.630. The first-order valence-corrected chi connectivity index (χ1v) is 8.69. The molecule has 0 spiro atoms. The van der Waals surface area contributed by atoms with E-state index in [9.17, 15) is 4.79 Å². The first-order valence-electron chi connectivity index (χ1n) is 8.69. The molecule has 27 heavy (non-hydrogen) atoms. The Bertz CT molecular complexity index is 969. The molecule has 5 rings (SSSR count). The molecule has 0 bridgehead atoms. The number of nitrogens with zero attached hydrogens (tertiary/aromatic N) is 4. The van der Waals surface area contributed by atoms with Gasteiger partial charge in [-0.05, 0) is 24.3 Å². The third-order valence-corrected chi connectivity index (χ3v) is 4.69. The molecule has 3 aromatic rings. The van der Waals surface area contributed by atoms with Gasteiger partial charge in [-0.1, -0.05) is 17.3 Å². The fourth-order valence-electron chi connectivity index (χ4n) is 3.17. The predicted molar refractivity (Wildman–Crippen MR) is 93.2 cm³/mol. The second kappa shape index (κ2) is 6.39. The van der Waals surface area contributed by atoms with Crippen LogP contribution in [0.2, 0.25) is 0 Å². The van der Waals surface area contributed by atoms with E-state index in [0.717, 1.165) is 5.56 Å². The maximum atomic E-state index is 12.6. The third kappa shape index (κ3) is 2.88. The maximum Gasteiger partial charge on any atom is 0.267 e. The number of hydrogen-bond acceptors (Lipinski definition) is 7. The Hall–Kier alpha value is -3.42. The lowest BCUT2D eigenvalue weighted by Gasteiger charge is -2.39. The number of benzene rings is 1. The van der Waals surface area contributed by atoms with E-state index in [0.29, 0.717) is 36.3 Å². The van der Waals surface area contributed by atoms with E-state index < -0.39 is 6.10 Å². The number of fused-ring (bicyclic) bond motifs is 1. The van der Waals surface area contributed by atoms with Gasteiger partial charge in [0.25, 0.3) is 5.91 Å². The minimum Gasteiger partial charge on any atom is -0.485 e. The van der Waals surface area contributed by atoms with Gasteiger partial charge in [0.15, 0.2) is 11.5 Å². The minimum absolute atomic E-state index is 0.0312. The van der Waals surface area contributed by atoms with Crippen LogP contribution in [0.15, 0.2) is 53.3 Å². The monoisotopic (exact) mass is 364 g/mol. The molecule has 2 aromatic heterocycles. The van der Waals surface area contributed by atoms with Gasteiger partial charge in [0, 0.05) is 31.0 Å². The van der Waals surface area contributed by atoms with Crippen molar-refractivity contribution in [1.82, 2.24) is 20.0 Å². The Morgan fingerprint density at radius 2 is 1.96 bits per heavy atom. The highest BCUT2D eigenvalue weighted by Gasteiger charge is 2.40. The summed E-state index contributed by atoms with van der Waals surface area (Å²) in [5.41, 5.74) is 0.797. The molecule has 2 aliphatic heterocycles. The number of hydrogen-bond donors (Lipinski definition) is 0. The largest absolute Gasteiger partial charge is 0.485 e. The second-order valence-electron chi connectivity index (χ2n) is 6.50. The van der Waals surface area contributed by atoms with Crippen molar-refractivity contribution in [3.63, 3.8) is 0 Å². The van der Waals surface area contributed by atoms with Crippen LogP contribution in [0.25, 0.3) is 11.4 Å². The van der Waals surface area contributed by atoms with Crippen molar-refractivity contribution in [2.24, 2.45) is 0 Å². The van der Waals surface area contributed by atoms with Crippen molar-refractivity contribution < 1.29 is 18.8 Å². The van der Waals surface area contributed by atoms with Crippen molar-refractivity contribution in [1.29, 1.82) is 0 Å². The van der Waals surface area contributed by atoms with Crippen LogP contribution in [0.3, 0.4) is 0 Å². The molecular formula is C19H16N4O4. The van der Waals surface area contributed by atoms with Gasteiger partial charge in [-0.25, -0.2) is 0 Å². The zero-order chi connectivity index (χ0) is 18.2. The lowest BCUT2D eigenvalue weighted by molar-refractivity contribution is -0.146. The standard InChI is InChI=1S/C19H16N4O4/c24-19(16-11-25-14-5-1-2-6-15(14)26-16)23-9-13(10-23)18-21-17(22-27-18)12-4-3-7-20-8-12/h1-8,13,16H,9-11H2. The highest BCUT2D eigenvalue weighted by Crippen LogP contribution is 2.33. The predicted octanol–water partition coefficient (Wildman–Crippen LogP) is 1.90. The van der Waals surface area contributed by atoms with Crippen LogP contribution in [0.5, 0.6) is 11.5 Å². The van der Waals surface area contributed by atoms with Crippen molar-refractivity contribution in [2.45, 2.75) is 12.0 Å². The van der Waals surface area contributed by atoms with E-state index in [2.05, 4.69) is 15.1 Å². The number of aromatic nitrogens is 3. The summed E-state index contributed by atoms with van der Waals surface area (Å²) >= 11 is 0. The van der Waals surface area contributed by atoms with Gasteiger partial charge in [0.2, 0.25) is 17.8 Å². The molecule has 1 unspecified atom stereocenters. The zero-order valence-electron chi connectivity index (χ0n) is 14.3. The van der Waals surface area contributed by atoms with Crippen LogP contribution < -0.4 is 9.47 Å². The number of pyridine rings is 1. The number of rotatable bonds is 3. The molecule has 1 fully saturated rings. The average molecular weight is 364 g/mol. The smallest absolute Gasteiger partial charge is 0.267 e. The molecular weight excluding hydrogens is 348 g/mol. The van der Waals surface area contributed by atoms with Gasteiger partial charge in [-0.2, -0.15) is 4.98 Å². The summed E-state index contributed by atoms with van der Waals surface area (Å²) in [6.45, 7) is 1.26. The fourth-order valence-corrected chi connectivity index (χ4v) is 3.17. The molecule has 1 saturated heterocycles. The average Bonchev–Trinajstić information content (AvgIpc) is 3.17. The number of para-hydroxylation sites is 2. The van der Waals surface area contributed by atoms with E-state index in [-0.39, 0.29) is 18.4 Å². The molecule has 0 N–H and O–H groups in total. The summed E-state index contributed by atoms with van der Waals surface area (Å²) in [5.74, 6) is 2.23. The molecule has 136 valence electrons. The lowest BCUT2D eigenvalue weighted by Crippen LogP contribution is -2.55. The summed E-state index contributed by atoms with van der Waals surface area (Å²) in [6.07, 6.45) is 2.74. The van der Waals surface area contributed by atoms with E-state index >= 15 is 0 Å². The van der Waals surface area contributed by atoms with Crippen LogP contribution in [0, 0.1) is 0 Å².